The van der Waals surface area contributed by atoms with Gasteiger partial charge >= 0.3 is 5.97 Å². The highest BCUT2D eigenvalue weighted by atomic mass is 35.5. The molecule has 1 atom stereocenters. The number of aliphatic carboxylic acids is 1. The number of benzene rings is 1. The summed E-state index contributed by atoms with van der Waals surface area (Å²) in [5, 5.41) is 14.8. The fourth-order valence-electron chi connectivity index (χ4n) is 4.08. The number of nitrogens with one attached hydrogen (secondary N) is 2. The second kappa shape index (κ2) is 11.2. The molecule has 3 rings (SSSR count). The molecule has 160 valence electrons. The van der Waals surface area contributed by atoms with Crippen molar-refractivity contribution in [3.63, 3.8) is 0 Å². The van der Waals surface area contributed by atoms with Gasteiger partial charge in [0.15, 0.2) is 0 Å². The number of anilines is 1. The molecule has 0 bridgehead atoms. The number of halogens is 1. The fraction of sp³-hybridized carbons (Fsp3) is 0.571. The lowest BCUT2D eigenvalue weighted by Crippen LogP contribution is -2.46. The molecule has 1 aromatic rings. The van der Waals surface area contributed by atoms with E-state index in [2.05, 4.69) is 10.6 Å². The van der Waals surface area contributed by atoms with Crippen LogP contribution in [-0.4, -0.2) is 49.1 Å². The van der Waals surface area contributed by atoms with Crippen LogP contribution in [0.5, 0.6) is 0 Å². The Morgan fingerprint density at radius 3 is 2.59 bits per heavy atom. The van der Waals surface area contributed by atoms with E-state index in [1.54, 1.807) is 4.90 Å². The third-order valence-electron chi connectivity index (χ3n) is 5.69. The monoisotopic (exact) mass is 423 g/mol. The van der Waals surface area contributed by atoms with Gasteiger partial charge in [-0.1, -0.05) is 18.2 Å². The van der Waals surface area contributed by atoms with E-state index in [9.17, 15) is 14.4 Å². The van der Waals surface area contributed by atoms with E-state index >= 15 is 0 Å². The van der Waals surface area contributed by atoms with Gasteiger partial charge in [-0.05, 0) is 56.3 Å². The van der Waals surface area contributed by atoms with E-state index in [0.29, 0.717) is 25.3 Å². The maximum atomic E-state index is 13.0. The van der Waals surface area contributed by atoms with Crippen molar-refractivity contribution in [3.8, 4) is 0 Å². The number of carboxylic acid groups (broad SMARTS) is 1. The second-order valence-corrected chi connectivity index (χ2v) is 7.70. The summed E-state index contributed by atoms with van der Waals surface area (Å²) in [7, 11) is 0. The molecule has 1 fully saturated rings. The van der Waals surface area contributed by atoms with Gasteiger partial charge in [0, 0.05) is 25.2 Å². The number of fused-ring (bicyclic) bond motifs is 1. The first kappa shape index (κ1) is 23.2. The Bertz CT molecular complexity index is 722. The van der Waals surface area contributed by atoms with Crippen molar-refractivity contribution in [2.75, 3.05) is 31.1 Å². The van der Waals surface area contributed by atoms with E-state index in [1.807, 2.05) is 24.3 Å². The van der Waals surface area contributed by atoms with Crippen molar-refractivity contribution in [2.45, 2.75) is 38.5 Å². The standard InChI is InChI=1S/C21H29N3O4.ClH/c25-19(6-5-15-7-10-22-11-8-15)24-14-17(21(28)23-12-9-20(26)27)13-16-3-1-2-4-18(16)24;/h1-4,15,17,22H,5-14H2,(H,23,28)(H,26,27);1H. The van der Waals surface area contributed by atoms with Gasteiger partial charge < -0.3 is 20.6 Å². The third-order valence-corrected chi connectivity index (χ3v) is 5.69. The van der Waals surface area contributed by atoms with Crippen molar-refractivity contribution in [3.05, 3.63) is 29.8 Å². The average molecular weight is 424 g/mol. The Morgan fingerprint density at radius 2 is 1.86 bits per heavy atom. The van der Waals surface area contributed by atoms with Crippen LogP contribution in [0, 0.1) is 11.8 Å². The number of hydrogen-bond donors (Lipinski definition) is 3. The number of amides is 2. The van der Waals surface area contributed by atoms with Crippen molar-refractivity contribution in [1.82, 2.24) is 10.6 Å². The molecular formula is C21H30ClN3O4. The summed E-state index contributed by atoms with van der Waals surface area (Å²) >= 11 is 0. The van der Waals surface area contributed by atoms with E-state index < -0.39 is 5.97 Å². The Kier molecular flexibility index (Phi) is 8.92. The number of para-hydroxylation sites is 1. The van der Waals surface area contributed by atoms with Crippen LogP contribution < -0.4 is 15.5 Å². The van der Waals surface area contributed by atoms with Crippen LogP contribution in [0.3, 0.4) is 0 Å². The van der Waals surface area contributed by atoms with E-state index in [0.717, 1.165) is 43.6 Å². The van der Waals surface area contributed by atoms with Gasteiger partial charge in [0.1, 0.15) is 0 Å². The molecular weight excluding hydrogens is 394 g/mol. The minimum absolute atomic E-state index is 0. The highest BCUT2D eigenvalue weighted by Gasteiger charge is 2.32. The summed E-state index contributed by atoms with van der Waals surface area (Å²) in [4.78, 5) is 37.9. The molecule has 1 unspecified atom stereocenters. The van der Waals surface area contributed by atoms with Crippen molar-refractivity contribution in [1.29, 1.82) is 0 Å². The Balaban J connectivity index is 0.00000300. The zero-order valence-corrected chi connectivity index (χ0v) is 17.4. The molecule has 0 spiro atoms. The van der Waals surface area contributed by atoms with Crippen LogP contribution in [-0.2, 0) is 20.8 Å². The second-order valence-electron chi connectivity index (χ2n) is 7.70. The maximum Gasteiger partial charge on any atom is 0.305 e. The first-order valence-corrected chi connectivity index (χ1v) is 10.1. The molecule has 8 heteroatoms. The lowest BCUT2D eigenvalue weighted by Gasteiger charge is -2.34. The van der Waals surface area contributed by atoms with Gasteiger partial charge in [-0.3, -0.25) is 14.4 Å². The molecule has 2 amide bonds. The molecule has 2 heterocycles. The van der Waals surface area contributed by atoms with Crippen molar-refractivity contribution in [2.24, 2.45) is 11.8 Å². The van der Waals surface area contributed by atoms with E-state index in [1.165, 1.54) is 0 Å². The molecule has 3 N–H and O–H groups in total. The van der Waals surface area contributed by atoms with Gasteiger partial charge in [0.25, 0.3) is 0 Å². The van der Waals surface area contributed by atoms with Gasteiger partial charge in [-0.2, -0.15) is 0 Å². The summed E-state index contributed by atoms with van der Waals surface area (Å²) in [6, 6.07) is 7.73. The van der Waals surface area contributed by atoms with Crippen LogP contribution in [0.25, 0.3) is 0 Å². The molecule has 29 heavy (non-hydrogen) atoms. The lowest BCUT2D eigenvalue weighted by atomic mass is 9.90. The largest absolute Gasteiger partial charge is 0.481 e. The molecule has 1 saturated heterocycles. The third kappa shape index (κ3) is 6.44. The summed E-state index contributed by atoms with van der Waals surface area (Å²) in [6.45, 7) is 2.49. The van der Waals surface area contributed by atoms with Gasteiger partial charge in [-0.25, -0.2) is 0 Å². The first-order valence-electron chi connectivity index (χ1n) is 10.1. The van der Waals surface area contributed by atoms with Crippen LogP contribution in [0.15, 0.2) is 24.3 Å². The van der Waals surface area contributed by atoms with Crippen LogP contribution in [0.1, 0.15) is 37.7 Å². The number of rotatable bonds is 7. The highest BCUT2D eigenvalue weighted by Crippen LogP contribution is 2.31. The Labute approximate surface area is 177 Å². The summed E-state index contributed by atoms with van der Waals surface area (Å²) in [6.07, 6.45) is 4.05. The molecule has 0 aromatic heterocycles. The minimum atomic E-state index is -0.941. The summed E-state index contributed by atoms with van der Waals surface area (Å²) < 4.78 is 0. The Morgan fingerprint density at radius 1 is 1.14 bits per heavy atom. The number of piperidine rings is 1. The zero-order valence-electron chi connectivity index (χ0n) is 16.6. The molecule has 0 radical (unpaired) electrons. The number of hydrogen-bond acceptors (Lipinski definition) is 4. The van der Waals surface area contributed by atoms with Gasteiger partial charge in [-0.15, -0.1) is 12.4 Å². The number of nitrogens with zero attached hydrogens (tertiary/aromatic N) is 1. The Hall–Kier alpha value is -2.12. The normalized spacial score (nSPS) is 19.0. The smallest absolute Gasteiger partial charge is 0.305 e. The number of carboxylic acids is 1. The van der Waals surface area contributed by atoms with Crippen molar-refractivity contribution < 1.29 is 19.5 Å². The highest BCUT2D eigenvalue weighted by molar-refractivity contribution is 5.96. The number of carbonyl (C=O) groups is 3. The van der Waals surface area contributed by atoms with E-state index in [-0.39, 0.29) is 43.1 Å². The zero-order chi connectivity index (χ0) is 19.9. The summed E-state index contributed by atoms with van der Waals surface area (Å²) in [5.41, 5.74) is 1.88. The molecule has 0 aliphatic carbocycles. The predicted octanol–water partition coefficient (Wildman–Crippen LogP) is 1.98. The van der Waals surface area contributed by atoms with E-state index in [4.69, 9.17) is 5.11 Å². The fourth-order valence-corrected chi connectivity index (χ4v) is 4.08. The van der Waals surface area contributed by atoms with Crippen LogP contribution in [0.4, 0.5) is 5.69 Å². The maximum absolute atomic E-state index is 13.0. The number of carbonyl (C=O) groups excluding carboxylic acids is 2. The predicted molar refractivity (Wildman–Crippen MR) is 113 cm³/mol. The molecule has 7 nitrogen and oxygen atoms in total. The molecule has 0 saturated carbocycles. The van der Waals surface area contributed by atoms with Gasteiger partial charge in [0.05, 0.1) is 12.3 Å². The van der Waals surface area contributed by atoms with Crippen LogP contribution >= 0.6 is 12.4 Å². The van der Waals surface area contributed by atoms with Crippen LogP contribution in [0.2, 0.25) is 0 Å². The lowest BCUT2D eigenvalue weighted by molar-refractivity contribution is -0.137. The first-order chi connectivity index (χ1) is 13.5. The molecule has 2 aliphatic heterocycles. The van der Waals surface area contributed by atoms with Crippen molar-refractivity contribution >= 4 is 35.9 Å². The topological polar surface area (TPSA) is 98.7 Å². The quantitative estimate of drug-likeness (QED) is 0.622. The summed E-state index contributed by atoms with van der Waals surface area (Å²) in [5.74, 6) is -0.836. The van der Waals surface area contributed by atoms with Gasteiger partial charge in [0.2, 0.25) is 11.8 Å². The SMILES string of the molecule is Cl.O=C(O)CCNC(=O)C1Cc2ccccc2N(C(=O)CCC2CCNCC2)C1. The molecule has 2 aliphatic rings. The average Bonchev–Trinajstić information content (AvgIpc) is 2.71. The minimum Gasteiger partial charge on any atom is -0.481 e. The molecule has 1 aromatic carbocycles.